The zero-order chi connectivity index (χ0) is 14.0. The predicted molar refractivity (Wildman–Crippen MR) is 80.4 cm³/mol. The molecule has 0 heterocycles. The minimum Gasteiger partial charge on any atom is -0.391 e. The minimum absolute atomic E-state index is 0.180. The molecular formula is C12H15Br2NO3S. The molecule has 1 fully saturated rings. The first-order valence-electron chi connectivity index (χ1n) is 6.05. The average Bonchev–Trinajstić information content (AvgIpc) is 2.35. The van der Waals surface area contributed by atoms with Crippen molar-refractivity contribution in [3.8, 4) is 0 Å². The van der Waals surface area contributed by atoms with Gasteiger partial charge in [0.2, 0.25) is 10.0 Å². The molecule has 2 atom stereocenters. The lowest BCUT2D eigenvalue weighted by molar-refractivity contribution is 0.101. The van der Waals surface area contributed by atoms with E-state index in [1.807, 2.05) is 0 Å². The first-order valence-corrected chi connectivity index (χ1v) is 9.12. The molecule has 1 aliphatic rings. The molecule has 2 N–H and O–H groups in total. The van der Waals surface area contributed by atoms with Gasteiger partial charge in [-0.1, -0.05) is 28.8 Å². The van der Waals surface area contributed by atoms with E-state index in [0.717, 1.165) is 12.8 Å². The van der Waals surface area contributed by atoms with Crippen molar-refractivity contribution in [2.75, 3.05) is 0 Å². The third-order valence-electron chi connectivity index (χ3n) is 3.22. The quantitative estimate of drug-likeness (QED) is 0.802. The second kappa shape index (κ2) is 6.22. The van der Waals surface area contributed by atoms with Crippen LogP contribution in [0.15, 0.2) is 32.0 Å². The van der Waals surface area contributed by atoms with Crippen LogP contribution in [0.5, 0.6) is 0 Å². The van der Waals surface area contributed by atoms with Gasteiger partial charge in [0.1, 0.15) is 0 Å². The maximum atomic E-state index is 12.3. The summed E-state index contributed by atoms with van der Waals surface area (Å²) in [6.45, 7) is 0. The SMILES string of the molecule is O=S(=O)(N[C@H]1CCCC[C@@H]1O)c1cc(Br)ccc1Br. The molecule has 0 spiro atoms. The van der Waals surface area contributed by atoms with Gasteiger partial charge in [-0.2, -0.15) is 0 Å². The van der Waals surface area contributed by atoms with Crippen molar-refractivity contribution in [1.29, 1.82) is 0 Å². The van der Waals surface area contributed by atoms with Crippen LogP contribution < -0.4 is 4.72 Å². The molecule has 1 aliphatic carbocycles. The van der Waals surface area contributed by atoms with E-state index in [-0.39, 0.29) is 4.90 Å². The molecule has 0 bridgehead atoms. The molecule has 0 saturated heterocycles. The van der Waals surface area contributed by atoms with Crippen LogP contribution in [0.4, 0.5) is 0 Å². The van der Waals surface area contributed by atoms with E-state index >= 15 is 0 Å². The van der Waals surface area contributed by atoms with Crippen LogP contribution in [-0.2, 0) is 10.0 Å². The summed E-state index contributed by atoms with van der Waals surface area (Å²) in [6, 6.07) is 4.58. The Hall–Kier alpha value is 0.0500. The second-order valence-corrected chi connectivity index (χ2v) is 8.11. The highest BCUT2D eigenvalue weighted by Gasteiger charge is 2.29. The number of aliphatic hydroxyl groups excluding tert-OH is 1. The van der Waals surface area contributed by atoms with Crippen molar-refractivity contribution >= 4 is 41.9 Å². The van der Waals surface area contributed by atoms with Gasteiger partial charge in [0.15, 0.2) is 0 Å². The molecule has 0 aromatic heterocycles. The van der Waals surface area contributed by atoms with E-state index in [2.05, 4.69) is 36.6 Å². The number of hydrogen-bond donors (Lipinski definition) is 2. The monoisotopic (exact) mass is 411 g/mol. The van der Waals surface area contributed by atoms with Crippen molar-refractivity contribution in [2.24, 2.45) is 0 Å². The molecule has 1 aromatic carbocycles. The summed E-state index contributed by atoms with van der Waals surface area (Å²) in [5.74, 6) is 0. The van der Waals surface area contributed by atoms with Gasteiger partial charge in [0.05, 0.1) is 11.0 Å². The number of benzene rings is 1. The Morgan fingerprint density at radius 3 is 2.58 bits per heavy atom. The van der Waals surface area contributed by atoms with Crippen molar-refractivity contribution in [1.82, 2.24) is 4.72 Å². The van der Waals surface area contributed by atoms with Crippen molar-refractivity contribution in [3.63, 3.8) is 0 Å². The number of halogens is 2. The Morgan fingerprint density at radius 1 is 1.21 bits per heavy atom. The van der Waals surface area contributed by atoms with Crippen molar-refractivity contribution in [3.05, 3.63) is 27.1 Å². The molecule has 0 amide bonds. The van der Waals surface area contributed by atoms with Crippen LogP contribution in [0.3, 0.4) is 0 Å². The van der Waals surface area contributed by atoms with Gasteiger partial charge >= 0.3 is 0 Å². The van der Waals surface area contributed by atoms with Crippen molar-refractivity contribution in [2.45, 2.75) is 42.7 Å². The maximum absolute atomic E-state index is 12.3. The maximum Gasteiger partial charge on any atom is 0.242 e. The molecule has 19 heavy (non-hydrogen) atoms. The van der Waals surface area contributed by atoms with Crippen LogP contribution in [0.2, 0.25) is 0 Å². The normalized spacial score (nSPS) is 24.4. The van der Waals surface area contributed by atoms with Crippen LogP contribution in [0.25, 0.3) is 0 Å². The zero-order valence-electron chi connectivity index (χ0n) is 10.1. The molecule has 0 radical (unpaired) electrons. The predicted octanol–water partition coefficient (Wildman–Crippen LogP) is 2.79. The first-order chi connectivity index (χ1) is 8.90. The smallest absolute Gasteiger partial charge is 0.242 e. The highest BCUT2D eigenvalue weighted by Crippen LogP contribution is 2.27. The standard InChI is InChI=1S/C12H15Br2NO3S/c13-8-5-6-9(14)12(7-8)19(17,18)15-10-3-1-2-4-11(10)16/h5-7,10-11,15-16H,1-4H2/t10-,11-/m0/s1. The zero-order valence-corrected chi connectivity index (χ0v) is 14.1. The minimum atomic E-state index is -3.63. The highest BCUT2D eigenvalue weighted by atomic mass is 79.9. The van der Waals surface area contributed by atoms with Gasteiger partial charge in [-0.25, -0.2) is 13.1 Å². The Labute approximate surface area is 129 Å². The summed E-state index contributed by atoms with van der Waals surface area (Å²) in [6.07, 6.45) is 2.59. The van der Waals surface area contributed by atoms with Crippen molar-refractivity contribution < 1.29 is 13.5 Å². The van der Waals surface area contributed by atoms with Crippen LogP contribution in [0.1, 0.15) is 25.7 Å². The summed E-state index contributed by atoms with van der Waals surface area (Å²) in [4.78, 5) is 0.180. The summed E-state index contributed by atoms with van der Waals surface area (Å²) < 4.78 is 28.5. The number of nitrogens with one attached hydrogen (secondary N) is 1. The lowest BCUT2D eigenvalue weighted by Crippen LogP contribution is -2.45. The van der Waals surface area contributed by atoms with Crippen LogP contribution in [-0.4, -0.2) is 25.7 Å². The van der Waals surface area contributed by atoms with Gasteiger partial charge < -0.3 is 5.11 Å². The molecule has 1 saturated carbocycles. The number of hydrogen-bond acceptors (Lipinski definition) is 3. The molecule has 4 nitrogen and oxygen atoms in total. The summed E-state index contributed by atoms with van der Waals surface area (Å²) in [5, 5.41) is 9.86. The highest BCUT2D eigenvalue weighted by molar-refractivity contribution is 9.11. The van der Waals surface area contributed by atoms with Gasteiger partial charge in [-0.05, 0) is 47.0 Å². The first kappa shape index (κ1) is 15.4. The molecule has 0 aliphatic heterocycles. The van der Waals surface area contributed by atoms with E-state index in [9.17, 15) is 13.5 Å². The fraction of sp³-hybridized carbons (Fsp3) is 0.500. The molecule has 0 unspecified atom stereocenters. The fourth-order valence-electron chi connectivity index (χ4n) is 2.19. The summed E-state index contributed by atoms with van der Waals surface area (Å²) in [7, 11) is -3.63. The Balaban J connectivity index is 2.24. The van der Waals surface area contributed by atoms with E-state index < -0.39 is 22.2 Å². The lowest BCUT2D eigenvalue weighted by atomic mass is 9.93. The Bertz CT molecular complexity index is 562. The Kier molecular flexibility index (Phi) is 5.05. The van der Waals surface area contributed by atoms with Gasteiger partial charge in [0, 0.05) is 15.0 Å². The molecule has 7 heteroatoms. The van der Waals surface area contributed by atoms with E-state index in [1.165, 1.54) is 0 Å². The van der Waals surface area contributed by atoms with E-state index in [4.69, 9.17) is 0 Å². The van der Waals surface area contributed by atoms with Crippen LogP contribution >= 0.6 is 31.9 Å². The molecule has 106 valence electrons. The largest absolute Gasteiger partial charge is 0.391 e. The molecule has 1 aromatic rings. The number of sulfonamides is 1. The topological polar surface area (TPSA) is 66.4 Å². The number of rotatable bonds is 3. The molecule has 2 rings (SSSR count). The fourth-order valence-corrected chi connectivity index (χ4v) is 5.00. The lowest BCUT2D eigenvalue weighted by Gasteiger charge is -2.28. The van der Waals surface area contributed by atoms with E-state index in [0.29, 0.717) is 21.8 Å². The summed E-state index contributed by atoms with van der Waals surface area (Å²) in [5.41, 5.74) is 0. The third kappa shape index (κ3) is 3.78. The average molecular weight is 413 g/mol. The number of aliphatic hydroxyl groups is 1. The summed E-state index contributed by atoms with van der Waals surface area (Å²) >= 11 is 6.51. The Morgan fingerprint density at radius 2 is 1.89 bits per heavy atom. The van der Waals surface area contributed by atoms with Gasteiger partial charge in [-0.3, -0.25) is 0 Å². The van der Waals surface area contributed by atoms with Gasteiger partial charge in [-0.15, -0.1) is 0 Å². The third-order valence-corrected chi connectivity index (χ3v) is 6.20. The second-order valence-electron chi connectivity index (χ2n) is 4.65. The van der Waals surface area contributed by atoms with Crippen LogP contribution in [0, 0.1) is 0 Å². The van der Waals surface area contributed by atoms with E-state index in [1.54, 1.807) is 18.2 Å². The molecular weight excluding hydrogens is 398 g/mol. The van der Waals surface area contributed by atoms with Gasteiger partial charge in [0.25, 0.3) is 0 Å².